The molecule has 25 heavy (non-hydrogen) atoms. The van der Waals surface area contributed by atoms with Crippen molar-refractivity contribution in [1.82, 2.24) is 10.3 Å². The highest BCUT2D eigenvalue weighted by Crippen LogP contribution is 2.16. The molecule has 1 heterocycles. The van der Waals surface area contributed by atoms with Crippen molar-refractivity contribution < 1.29 is 9.53 Å². The number of aromatic nitrogens is 1. The summed E-state index contributed by atoms with van der Waals surface area (Å²) in [5, 5.41) is 3.91. The first-order valence-corrected chi connectivity index (χ1v) is 8.46. The van der Waals surface area contributed by atoms with E-state index in [2.05, 4.69) is 24.1 Å². The Labute approximate surface area is 147 Å². The number of fused-ring (bicyclic) bond motifs is 1. The van der Waals surface area contributed by atoms with Gasteiger partial charge in [-0.15, -0.1) is 0 Å². The van der Waals surface area contributed by atoms with Gasteiger partial charge in [-0.25, -0.2) is 0 Å². The number of nitrogens with one attached hydrogen (secondary N) is 1. The lowest BCUT2D eigenvalue weighted by Crippen LogP contribution is -2.22. The van der Waals surface area contributed by atoms with E-state index in [0.29, 0.717) is 24.6 Å². The summed E-state index contributed by atoms with van der Waals surface area (Å²) in [6, 6.07) is 17.2. The Morgan fingerprint density at radius 3 is 2.84 bits per heavy atom. The Hall–Kier alpha value is -2.88. The average molecular weight is 334 g/mol. The molecule has 4 nitrogen and oxygen atoms in total. The van der Waals surface area contributed by atoms with E-state index < -0.39 is 0 Å². The summed E-state index contributed by atoms with van der Waals surface area (Å²) in [7, 11) is 0. The highest BCUT2D eigenvalue weighted by molar-refractivity contribution is 5.97. The van der Waals surface area contributed by atoms with Crippen molar-refractivity contribution in [3.05, 3.63) is 71.9 Å². The van der Waals surface area contributed by atoms with Crippen LogP contribution in [0.4, 0.5) is 0 Å². The van der Waals surface area contributed by atoms with Gasteiger partial charge in [-0.1, -0.05) is 32.0 Å². The number of pyridine rings is 1. The average Bonchev–Trinajstić information content (AvgIpc) is 2.64. The van der Waals surface area contributed by atoms with Gasteiger partial charge in [0.05, 0.1) is 12.1 Å². The third-order valence-electron chi connectivity index (χ3n) is 3.80. The first-order valence-electron chi connectivity index (χ1n) is 8.46. The Bertz CT molecular complexity index is 874. The second-order valence-corrected chi connectivity index (χ2v) is 6.45. The molecule has 0 spiro atoms. The van der Waals surface area contributed by atoms with Gasteiger partial charge >= 0.3 is 0 Å². The fourth-order valence-corrected chi connectivity index (χ4v) is 2.51. The summed E-state index contributed by atoms with van der Waals surface area (Å²) in [6.45, 7) is 5.37. The van der Waals surface area contributed by atoms with Crippen LogP contribution in [0.1, 0.15) is 29.8 Å². The Kier molecular flexibility index (Phi) is 5.29. The zero-order valence-electron chi connectivity index (χ0n) is 14.5. The number of benzene rings is 2. The van der Waals surface area contributed by atoms with Crippen molar-refractivity contribution in [1.29, 1.82) is 0 Å². The number of nitrogens with zero attached hydrogens (tertiary/aromatic N) is 1. The van der Waals surface area contributed by atoms with Crippen molar-refractivity contribution in [2.45, 2.75) is 20.4 Å². The van der Waals surface area contributed by atoms with Crippen LogP contribution in [0.25, 0.3) is 10.9 Å². The van der Waals surface area contributed by atoms with Gasteiger partial charge in [0.15, 0.2) is 0 Å². The molecule has 0 saturated carbocycles. The molecule has 2 aromatic carbocycles. The topological polar surface area (TPSA) is 51.2 Å². The molecule has 3 aromatic rings. The summed E-state index contributed by atoms with van der Waals surface area (Å²) < 4.78 is 5.73. The lowest BCUT2D eigenvalue weighted by atomic mass is 10.1. The van der Waals surface area contributed by atoms with Crippen LogP contribution in [-0.2, 0) is 6.54 Å². The number of carbonyl (C=O) groups is 1. The van der Waals surface area contributed by atoms with E-state index in [4.69, 9.17) is 4.74 Å². The second-order valence-electron chi connectivity index (χ2n) is 6.45. The molecule has 0 saturated heterocycles. The standard InChI is InChI=1S/C21H22N2O2/c1-15(2)14-25-19-7-3-5-16(11-19)13-23-21(24)18-8-9-20-17(12-18)6-4-10-22-20/h3-12,15H,13-14H2,1-2H3,(H,23,24). The SMILES string of the molecule is CC(C)COc1cccc(CNC(=O)c2ccc3ncccc3c2)c1. The Balaban J connectivity index is 1.64. The second kappa shape index (κ2) is 7.79. The van der Waals surface area contributed by atoms with Crippen molar-refractivity contribution in [2.75, 3.05) is 6.61 Å². The number of hydrogen-bond donors (Lipinski definition) is 1. The molecule has 0 radical (unpaired) electrons. The van der Waals surface area contributed by atoms with Crippen molar-refractivity contribution in [3.8, 4) is 5.75 Å². The molecule has 0 aliphatic rings. The van der Waals surface area contributed by atoms with E-state index in [-0.39, 0.29) is 5.91 Å². The normalized spacial score (nSPS) is 10.8. The molecule has 0 aliphatic carbocycles. The first kappa shape index (κ1) is 17.0. The minimum atomic E-state index is -0.0979. The van der Waals surface area contributed by atoms with Crippen LogP contribution in [0.15, 0.2) is 60.8 Å². The summed E-state index contributed by atoms with van der Waals surface area (Å²) in [6.07, 6.45) is 1.75. The molecule has 0 bridgehead atoms. The van der Waals surface area contributed by atoms with Gasteiger partial charge in [-0.05, 0) is 47.9 Å². The predicted molar refractivity (Wildman–Crippen MR) is 99.7 cm³/mol. The number of amides is 1. The zero-order valence-corrected chi connectivity index (χ0v) is 14.5. The molecule has 0 atom stereocenters. The van der Waals surface area contributed by atoms with E-state index in [1.807, 2.05) is 48.5 Å². The van der Waals surface area contributed by atoms with Gasteiger partial charge < -0.3 is 10.1 Å². The lowest BCUT2D eigenvalue weighted by molar-refractivity contribution is 0.0951. The van der Waals surface area contributed by atoms with Gasteiger partial charge in [-0.2, -0.15) is 0 Å². The van der Waals surface area contributed by atoms with E-state index in [9.17, 15) is 4.79 Å². The highest BCUT2D eigenvalue weighted by atomic mass is 16.5. The number of ether oxygens (including phenoxy) is 1. The first-order chi connectivity index (χ1) is 12.1. The molecule has 4 heteroatoms. The number of rotatable bonds is 6. The zero-order chi connectivity index (χ0) is 17.6. The molecule has 0 aliphatic heterocycles. The minimum Gasteiger partial charge on any atom is -0.493 e. The maximum absolute atomic E-state index is 12.4. The molecule has 128 valence electrons. The predicted octanol–water partition coefficient (Wildman–Crippen LogP) is 4.20. The van der Waals surface area contributed by atoms with Crippen molar-refractivity contribution in [3.63, 3.8) is 0 Å². The molecule has 1 amide bonds. The van der Waals surface area contributed by atoms with Crippen molar-refractivity contribution >= 4 is 16.8 Å². The van der Waals surface area contributed by atoms with Gasteiger partial charge in [0.2, 0.25) is 0 Å². The largest absolute Gasteiger partial charge is 0.493 e. The Morgan fingerprint density at radius 1 is 1.12 bits per heavy atom. The fourth-order valence-electron chi connectivity index (χ4n) is 2.51. The summed E-state index contributed by atoms with van der Waals surface area (Å²) in [4.78, 5) is 16.7. The van der Waals surface area contributed by atoms with Crippen LogP contribution >= 0.6 is 0 Å². The minimum absolute atomic E-state index is 0.0979. The molecular weight excluding hydrogens is 312 g/mol. The van der Waals surface area contributed by atoms with E-state index in [1.165, 1.54) is 0 Å². The van der Waals surface area contributed by atoms with Crippen LogP contribution in [-0.4, -0.2) is 17.5 Å². The molecule has 0 unspecified atom stereocenters. The Morgan fingerprint density at radius 2 is 2.00 bits per heavy atom. The van der Waals surface area contributed by atoms with Gasteiger partial charge in [-0.3, -0.25) is 9.78 Å². The number of carbonyl (C=O) groups excluding carboxylic acids is 1. The molecule has 1 aromatic heterocycles. The van der Waals surface area contributed by atoms with Crippen molar-refractivity contribution in [2.24, 2.45) is 5.92 Å². The van der Waals surface area contributed by atoms with Crippen LogP contribution < -0.4 is 10.1 Å². The molecule has 0 fully saturated rings. The monoisotopic (exact) mass is 334 g/mol. The van der Waals surface area contributed by atoms with E-state index >= 15 is 0 Å². The van der Waals surface area contributed by atoms with Crippen LogP contribution in [0.2, 0.25) is 0 Å². The third kappa shape index (κ3) is 4.57. The fraction of sp³-hybridized carbons (Fsp3) is 0.238. The quantitative estimate of drug-likeness (QED) is 0.735. The van der Waals surface area contributed by atoms with E-state index in [1.54, 1.807) is 12.3 Å². The summed E-state index contributed by atoms with van der Waals surface area (Å²) >= 11 is 0. The molecule has 1 N–H and O–H groups in total. The summed E-state index contributed by atoms with van der Waals surface area (Å²) in [5.74, 6) is 1.21. The summed E-state index contributed by atoms with van der Waals surface area (Å²) in [5.41, 5.74) is 2.53. The maximum atomic E-state index is 12.4. The third-order valence-corrected chi connectivity index (χ3v) is 3.80. The number of hydrogen-bond acceptors (Lipinski definition) is 3. The molecule has 3 rings (SSSR count). The molecular formula is C21H22N2O2. The van der Waals surface area contributed by atoms with Gasteiger partial charge in [0.25, 0.3) is 5.91 Å². The van der Waals surface area contributed by atoms with Crippen LogP contribution in [0.5, 0.6) is 5.75 Å². The highest BCUT2D eigenvalue weighted by Gasteiger charge is 2.07. The maximum Gasteiger partial charge on any atom is 0.251 e. The lowest BCUT2D eigenvalue weighted by Gasteiger charge is -2.11. The van der Waals surface area contributed by atoms with Gasteiger partial charge in [0, 0.05) is 23.7 Å². The van der Waals surface area contributed by atoms with E-state index in [0.717, 1.165) is 22.2 Å². The van der Waals surface area contributed by atoms with Crippen LogP contribution in [0, 0.1) is 5.92 Å². The smallest absolute Gasteiger partial charge is 0.251 e. The van der Waals surface area contributed by atoms with Crippen LogP contribution in [0.3, 0.4) is 0 Å². The van der Waals surface area contributed by atoms with Gasteiger partial charge in [0.1, 0.15) is 5.75 Å².